The molecule has 1 amide bonds. The number of carbonyl (C=O) groups is 1. The summed E-state index contributed by atoms with van der Waals surface area (Å²) in [4.78, 5) is 13.9. The number of hydrogen-bond donors (Lipinski definition) is 1. The fraction of sp³-hybridized carbons (Fsp3) is 0.533. The second-order valence-corrected chi connectivity index (χ2v) is 6.88. The van der Waals surface area contributed by atoms with E-state index in [1.165, 1.54) is 0 Å². The first-order chi connectivity index (χ1) is 9.40. The van der Waals surface area contributed by atoms with Gasteiger partial charge in [-0.05, 0) is 38.5 Å². The fourth-order valence-electron chi connectivity index (χ4n) is 3.04. The van der Waals surface area contributed by atoms with Gasteiger partial charge in [-0.2, -0.15) is 0 Å². The van der Waals surface area contributed by atoms with E-state index >= 15 is 0 Å². The third-order valence-corrected chi connectivity index (χ3v) is 4.61. The van der Waals surface area contributed by atoms with Crippen molar-refractivity contribution in [3.05, 3.63) is 28.2 Å². The standard InChI is InChI=1S/C15H18BrNO3/c1-15(2)14(19)13(17-7-3-4-12(17)18)10-8-9(16)5-6-11(10)20-15/h5-6,8,13-14,19H,3-4,7H2,1-2H3/t13-,14+/m1/s1. The van der Waals surface area contributed by atoms with Gasteiger partial charge in [-0.15, -0.1) is 0 Å². The smallest absolute Gasteiger partial charge is 0.223 e. The zero-order chi connectivity index (χ0) is 14.5. The van der Waals surface area contributed by atoms with E-state index in [1.807, 2.05) is 32.0 Å². The summed E-state index contributed by atoms with van der Waals surface area (Å²) in [6, 6.07) is 5.40. The highest BCUT2D eigenvalue weighted by atomic mass is 79.9. The molecule has 108 valence electrons. The summed E-state index contributed by atoms with van der Waals surface area (Å²) in [5.74, 6) is 0.853. The number of rotatable bonds is 1. The lowest BCUT2D eigenvalue weighted by Gasteiger charge is -2.45. The van der Waals surface area contributed by atoms with Crippen molar-refractivity contribution >= 4 is 21.8 Å². The van der Waals surface area contributed by atoms with Crippen LogP contribution >= 0.6 is 15.9 Å². The first kappa shape index (κ1) is 13.9. The summed E-state index contributed by atoms with van der Waals surface area (Å²) in [7, 11) is 0. The molecular weight excluding hydrogens is 322 g/mol. The molecule has 1 N–H and O–H groups in total. The number of benzene rings is 1. The van der Waals surface area contributed by atoms with Crippen LogP contribution in [0.1, 0.15) is 38.3 Å². The molecule has 0 bridgehead atoms. The SMILES string of the molecule is CC1(C)Oc2ccc(Br)cc2[C@@H](N2CCCC2=O)[C@@H]1O. The highest BCUT2D eigenvalue weighted by molar-refractivity contribution is 9.10. The number of carbonyl (C=O) groups excluding carboxylic acids is 1. The van der Waals surface area contributed by atoms with Gasteiger partial charge in [-0.25, -0.2) is 0 Å². The number of likely N-dealkylation sites (tertiary alicyclic amines) is 1. The molecule has 1 aromatic rings. The minimum atomic E-state index is -0.744. The Hall–Kier alpha value is -1.07. The van der Waals surface area contributed by atoms with Crippen molar-refractivity contribution in [2.75, 3.05) is 6.54 Å². The van der Waals surface area contributed by atoms with Crippen LogP contribution in [0, 0.1) is 0 Å². The predicted molar refractivity (Wildman–Crippen MR) is 78.5 cm³/mol. The van der Waals surface area contributed by atoms with E-state index in [4.69, 9.17) is 4.74 Å². The number of aliphatic hydroxyl groups excluding tert-OH is 1. The van der Waals surface area contributed by atoms with Crippen molar-refractivity contribution in [1.29, 1.82) is 0 Å². The zero-order valence-corrected chi connectivity index (χ0v) is 13.2. The molecule has 0 spiro atoms. The van der Waals surface area contributed by atoms with E-state index in [1.54, 1.807) is 4.90 Å². The summed E-state index contributed by atoms with van der Waals surface area (Å²) in [6.45, 7) is 4.41. The third kappa shape index (κ3) is 2.13. The van der Waals surface area contributed by atoms with Gasteiger partial charge in [0.2, 0.25) is 5.91 Å². The molecule has 0 unspecified atom stereocenters. The molecule has 1 aromatic carbocycles. The molecule has 2 aliphatic heterocycles. The first-order valence-corrected chi connectivity index (χ1v) is 7.65. The number of hydrogen-bond acceptors (Lipinski definition) is 3. The number of ether oxygens (including phenoxy) is 1. The average molecular weight is 340 g/mol. The van der Waals surface area contributed by atoms with Crippen LogP contribution in [-0.4, -0.2) is 34.2 Å². The number of amides is 1. The Labute approximate surface area is 126 Å². The Kier molecular flexibility index (Phi) is 3.29. The van der Waals surface area contributed by atoms with E-state index < -0.39 is 11.7 Å². The van der Waals surface area contributed by atoms with Crippen LogP contribution in [0.5, 0.6) is 5.75 Å². The van der Waals surface area contributed by atoms with E-state index in [-0.39, 0.29) is 11.9 Å². The molecule has 0 aromatic heterocycles. The van der Waals surface area contributed by atoms with Crippen molar-refractivity contribution in [3.63, 3.8) is 0 Å². The van der Waals surface area contributed by atoms with Crippen molar-refractivity contribution in [1.82, 2.24) is 4.90 Å². The number of halogens is 1. The van der Waals surface area contributed by atoms with Crippen LogP contribution in [0.3, 0.4) is 0 Å². The van der Waals surface area contributed by atoms with E-state index in [0.29, 0.717) is 13.0 Å². The van der Waals surface area contributed by atoms with Gasteiger partial charge >= 0.3 is 0 Å². The van der Waals surface area contributed by atoms with Gasteiger partial charge in [-0.1, -0.05) is 15.9 Å². The molecule has 1 fully saturated rings. The van der Waals surface area contributed by atoms with Gasteiger partial charge in [0.15, 0.2) is 0 Å². The minimum absolute atomic E-state index is 0.109. The Morgan fingerprint density at radius 3 is 2.85 bits per heavy atom. The topological polar surface area (TPSA) is 49.8 Å². The van der Waals surface area contributed by atoms with Crippen LogP contribution in [-0.2, 0) is 4.79 Å². The van der Waals surface area contributed by atoms with Crippen molar-refractivity contribution in [3.8, 4) is 5.75 Å². The molecule has 0 aliphatic carbocycles. The predicted octanol–water partition coefficient (Wildman–Crippen LogP) is 2.64. The third-order valence-electron chi connectivity index (χ3n) is 4.12. The molecule has 2 aliphatic rings. The maximum absolute atomic E-state index is 12.1. The average Bonchev–Trinajstić information content (AvgIpc) is 2.78. The molecule has 3 rings (SSSR count). The second-order valence-electron chi connectivity index (χ2n) is 5.97. The second kappa shape index (κ2) is 4.74. The van der Waals surface area contributed by atoms with Crippen molar-refractivity contribution < 1.29 is 14.6 Å². The van der Waals surface area contributed by atoms with Crippen LogP contribution in [0.4, 0.5) is 0 Å². The van der Waals surface area contributed by atoms with Crippen molar-refractivity contribution in [2.45, 2.75) is 44.4 Å². The molecule has 0 saturated carbocycles. The molecule has 5 heteroatoms. The number of nitrogens with zero attached hydrogens (tertiary/aromatic N) is 1. The quantitative estimate of drug-likeness (QED) is 0.855. The molecular formula is C15H18BrNO3. The Balaban J connectivity index is 2.10. The number of aliphatic hydroxyl groups is 1. The molecule has 2 atom stereocenters. The van der Waals surface area contributed by atoms with Gasteiger partial charge in [0, 0.05) is 23.0 Å². The van der Waals surface area contributed by atoms with E-state index in [9.17, 15) is 9.90 Å². The van der Waals surface area contributed by atoms with Crippen molar-refractivity contribution in [2.24, 2.45) is 0 Å². The highest BCUT2D eigenvalue weighted by Gasteiger charge is 2.47. The Bertz CT molecular complexity index is 558. The molecule has 2 heterocycles. The summed E-state index contributed by atoms with van der Waals surface area (Å²) < 4.78 is 6.82. The maximum Gasteiger partial charge on any atom is 0.223 e. The van der Waals surface area contributed by atoms with Crippen LogP contribution in [0.2, 0.25) is 0 Å². The summed E-state index contributed by atoms with van der Waals surface area (Å²) in [6.07, 6.45) is 0.673. The Morgan fingerprint density at radius 2 is 2.20 bits per heavy atom. The zero-order valence-electron chi connectivity index (χ0n) is 11.6. The normalized spacial score (nSPS) is 28.2. The van der Waals surface area contributed by atoms with Crippen LogP contribution in [0.15, 0.2) is 22.7 Å². The monoisotopic (exact) mass is 339 g/mol. The van der Waals surface area contributed by atoms with Crippen LogP contribution in [0.25, 0.3) is 0 Å². The largest absolute Gasteiger partial charge is 0.485 e. The van der Waals surface area contributed by atoms with Gasteiger partial charge in [0.1, 0.15) is 17.5 Å². The van der Waals surface area contributed by atoms with E-state index in [2.05, 4.69) is 15.9 Å². The van der Waals surface area contributed by atoms with Gasteiger partial charge < -0.3 is 14.7 Å². The molecule has 1 saturated heterocycles. The summed E-state index contributed by atoms with van der Waals surface area (Å²) in [5, 5.41) is 10.7. The minimum Gasteiger partial charge on any atom is -0.485 e. The lowest BCUT2D eigenvalue weighted by Crippen LogP contribution is -2.53. The fourth-order valence-corrected chi connectivity index (χ4v) is 3.42. The first-order valence-electron chi connectivity index (χ1n) is 6.86. The summed E-state index contributed by atoms with van der Waals surface area (Å²) >= 11 is 3.45. The number of fused-ring (bicyclic) bond motifs is 1. The van der Waals surface area contributed by atoms with Gasteiger partial charge in [0.05, 0.1) is 6.04 Å². The lowest BCUT2D eigenvalue weighted by molar-refractivity contribution is -0.139. The maximum atomic E-state index is 12.1. The molecule has 4 nitrogen and oxygen atoms in total. The van der Waals surface area contributed by atoms with E-state index in [0.717, 1.165) is 22.2 Å². The summed E-state index contributed by atoms with van der Waals surface area (Å²) in [5.41, 5.74) is 0.162. The van der Waals surface area contributed by atoms with Crippen LogP contribution < -0.4 is 4.74 Å². The molecule has 0 radical (unpaired) electrons. The highest BCUT2D eigenvalue weighted by Crippen LogP contribution is 2.44. The van der Waals surface area contributed by atoms with Gasteiger partial charge in [-0.3, -0.25) is 4.79 Å². The molecule has 20 heavy (non-hydrogen) atoms. The Morgan fingerprint density at radius 1 is 1.45 bits per heavy atom. The lowest BCUT2D eigenvalue weighted by atomic mass is 9.85. The van der Waals surface area contributed by atoms with Gasteiger partial charge in [0.25, 0.3) is 0 Å².